The number of hydrogen-bond acceptors (Lipinski definition) is 3. The van der Waals surface area contributed by atoms with Gasteiger partial charge < -0.3 is 9.52 Å². The van der Waals surface area contributed by atoms with E-state index < -0.39 is 5.97 Å². The van der Waals surface area contributed by atoms with E-state index >= 15 is 0 Å². The third kappa shape index (κ3) is 2.65. The van der Waals surface area contributed by atoms with Gasteiger partial charge in [0.2, 0.25) is 0 Å². The van der Waals surface area contributed by atoms with Gasteiger partial charge in [0.1, 0.15) is 5.58 Å². The van der Waals surface area contributed by atoms with Crippen LogP contribution < -0.4 is 0 Å². The number of carbonyl (C=O) groups is 1. The van der Waals surface area contributed by atoms with E-state index in [0.717, 1.165) is 16.5 Å². The molecule has 2 aromatic rings. The molecule has 4 nitrogen and oxygen atoms in total. The first kappa shape index (κ1) is 11.7. The number of carboxylic acid groups (broad SMARTS) is 1. The van der Waals surface area contributed by atoms with Crippen LogP contribution >= 0.6 is 0 Å². The standard InChI is InChI=1S/C13H15NO3/c1-2-14(8-13(15)16)7-10-9-17-12-6-4-3-5-11(10)12/h3-6,9H,2,7-8H2,1H3,(H,15,16). The molecule has 0 atom stereocenters. The first-order chi connectivity index (χ1) is 8.20. The maximum atomic E-state index is 10.7. The van der Waals surface area contributed by atoms with E-state index in [1.165, 1.54) is 0 Å². The molecule has 0 spiro atoms. The fourth-order valence-corrected chi connectivity index (χ4v) is 1.87. The summed E-state index contributed by atoms with van der Waals surface area (Å²) in [5.74, 6) is -0.806. The average molecular weight is 233 g/mol. The number of hydrogen-bond donors (Lipinski definition) is 1. The Hall–Kier alpha value is -1.81. The Morgan fingerprint density at radius 3 is 2.88 bits per heavy atom. The number of aliphatic carboxylic acids is 1. The molecule has 2 rings (SSSR count). The molecule has 1 aromatic heterocycles. The van der Waals surface area contributed by atoms with Gasteiger partial charge in [0.25, 0.3) is 0 Å². The average Bonchev–Trinajstić information content (AvgIpc) is 2.71. The number of furan rings is 1. The normalized spacial score (nSPS) is 11.2. The molecule has 4 heteroatoms. The Balaban J connectivity index is 2.19. The Labute approximate surface area is 99.4 Å². The van der Waals surface area contributed by atoms with E-state index in [1.54, 1.807) is 6.26 Å². The molecule has 0 bridgehead atoms. The highest BCUT2D eigenvalue weighted by Crippen LogP contribution is 2.21. The number of nitrogens with zero attached hydrogens (tertiary/aromatic N) is 1. The molecular weight excluding hydrogens is 218 g/mol. The van der Waals surface area contributed by atoms with Gasteiger partial charge in [-0.2, -0.15) is 0 Å². The second kappa shape index (κ2) is 5.01. The first-order valence-corrected chi connectivity index (χ1v) is 5.60. The van der Waals surface area contributed by atoms with Crippen LogP contribution in [0.2, 0.25) is 0 Å². The Morgan fingerprint density at radius 2 is 2.18 bits per heavy atom. The SMILES string of the molecule is CCN(CC(=O)O)Cc1coc2ccccc12. The molecule has 1 heterocycles. The smallest absolute Gasteiger partial charge is 0.317 e. The molecule has 90 valence electrons. The summed E-state index contributed by atoms with van der Waals surface area (Å²) in [4.78, 5) is 12.6. The molecule has 17 heavy (non-hydrogen) atoms. The fraction of sp³-hybridized carbons (Fsp3) is 0.308. The zero-order valence-corrected chi connectivity index (χ0v) is 9.72. The summed E-state index contributed by atoms with van der Waals surface area (Å²) < 4.78 is 5.43. The minimum atomic E-state index is -0.806. The summed E-state index contributed by atoms with van der Waals surface area (Å²) in [5.41, 5.74) is 1.87. The molecule has 0 fully saturated rings. The number of rotatable bonds is 5. The monoisotopic (exact) mass is 233 g/mol. The topological polar surface area (TPSA) is 53.7 Å². The highest BCUT2D eigenvalue weighted by atomic mass is 16.4. The summed E-state index contributed by atoms with van der Waals surface area (Å²) in [6.07, 6.45) is 1.70. The number of fused-ring (bicyclic) bond motifs is 1. The minimum Gasteiger partial charge on any atom is -0.480 e. The van der Waals surface area contributed by atoms with Gasteiger partial charge in [-0.15, -0.1) is 0 Å². The van der Waals surface area contributed by atoms with Crippen LogP contribution in [0.25, 0.3) is 11.0 Å². The highest BCUT2D eigenvalue weighted by Gasteiger charge is 2.11. The van der Waals surface area contributed by atoms with Crippen LogP contribution in [0.1, 0.15) is 12.5 Å². The number of benzene rings is 1. The third-order valence-corrected chi connectivity index (χ3v) is 2.76. The molecule has 0 radical (unpaired) electrons. The summed E-state index contributed by atoms with van der Waals surface area (Å²) >= 11 is 0. The van der Waals surface area contributed by atoms with Gasteiger partial charge in [-0.1, -0.05) is 25.1 Å². The van der Waals surface area contributed by atoms with E-state index in [9.17, 15) is 4.79 Å². The van der Waals surface area contributed by atoms with Crippen LogP contribution in [0.15, 0.2) is 34.9 Å². The maximum Gasteiger partial charge on any atom is 0.317 e. The first-order valence-electron chi connectivity index (χ1n) is 5.60. The lowest BCUT2D eigenvalue weighted by Gasteiger charge is -2.16. The van der Waals surface area contributed by atoms with Crippen LogP contribution in [0.3, 0.4) is 0 Å². The lowest BCUT2D eigenvalue weighted by molar-refractivity contribution is -0.138. The van der Waals surface area contributed by atoms with Crippen LogP contribution in [-0.2, 0) is 11.3 Å². The Morgan fingerprint density at radius 1 is 1.41 bits per heavy atom. The van der Waals surface area contributed by atoms with Crippen molar-refractivity contribution < 1.29 is 14.3 Å². The fourth-order valence-electron chi connectivity index (χ4n) is 1.87. The molecule has 0 saturated heterocycles. The lowest BCUT2D eigenvalue weighted by atomic mass is 10.1. The van der Waals surface area contributed by atoms with E-state index in [1.807, 2.05) is 36.1 Å². The van der Waals surface area contributed by atoms with Gasteiger partial charge in [0, 0.05) is 17.5 Å². The number of likely N-dealkylation sites (N-methyl/N-ethyl adjacent to an activating group) is 1. The zero-order chi connectivity index (χ0) is 12.3. The van der Waals surface area contributed by atoms with Crippen molar-refractivity contribution in [3.8, 4) is 0 Å². The van der Waals surface area contributed by atoms with Crippen molar-refractivity contribution >= 4 is 16.9 Å². The molecule has 1 aromatic carbocycles. The van der Waals surface area contributed by atoms with Crippen molar-refractivity contribution in [1.82, 2.24) is 4.90 Å². The predicted molar refractivity (Wildman–Crippen MR) is 64.8 cm³/mol. The quantitative estimate of drug-likeness (QED) is 0.861. The summed E-state index contributed by atoms with van der Waals surface area (Å²) in [5, 5.41) is 9.84. The molecule has 1 N–H and O–H groups in total. The lowest BCUT2D eigenvalue weighted by Crippen LogP contribution is -2.28. The number of para-hydroxylation sites is 1. The van der Waals surface area contributed by atoms with Crippen molar-refractivity contribution in [2.24, 2.45) is 0 Å². The van der Waals surface area contributed by atoms with Crippen LogP contribution in [0.5, 0.6) is 0 Å². The van der Waals surface area contributed by atoms with Gasteiger partial charge in [-0.3, -0.25) is 9.69 Å². The summed E-state index contributed by atoms with van der Waals surface area (Å²) in [6.45, 7) is 3.30. The Bertz CT molecular complexity index is 518. The minimum absolute atomic E-state index is 0.0516. The maximum absolute atomic E-state index is 10.7. The van der Waals surface area contributed by atoms with E-state index in [-0.39, 0.29) is 6.54 Å². The third-order valence-electron chi connectivity index (χ3n) is 2.76. The van der Waals surface area contributed by atoms with Crippen molar-refractivity contribution in [1.29, 1.82) is 0 Å². The molecular formula is C13H15NO3. The summed E-state index contributed by atoms with van der Waals surface area (Å²) in [7, 11) is 0. The molecule has 0 aliphatic heterocycles. The van der Waals surface area contributed by atoms with Crippen molar-refractivity contribution in [3.05, 3.63) is 36.1 Å². The molecule has 0 unspecified atom stereocenters. The van der Waals surface area contributed by atoms with Gasteiger partial charge in [-0.25, -0.2) is 0 Å². The predicted octanol–water partition coefficient (Wildman–Crippen LogP) is 2.34. The molecule has 0 amide bonds. The van der Waals surface area contributed by atoms with Crippen molar-refractivity contribution in [2.45, 2.75) is 13.5 Å². The van der Waals surface area contributed by atoms with Gasteiger partial charge in [-0.05, 0) is 12.6 Å². The second-order valence-electron chi connectivity index (χ2n) is 3.95. The zero-order valence-electron chi connectivity index (χ0n) is 9.72. The van der Waals surface area contributed by atoms with Crippen molar-refractivity contribution in [2.75, 3.05) is 13.1 Å². The van der Waals surface area contributed by atoms with E-state index in [4.69, 9.17) is 9.52 Å². The molecule has 0 aliphatic carbocycles. The molecule has 0 saturated carbocycles. The van der Waals surface area contributed by atoms with E-state index in [2.05, 4.69) is 0 Å². The second-order valence-corrected chi connectivity index (χ2v) is 3.95. The van der Waals surface area contributed by atoms with E-state index in [0.29, 0.717) is 13.1 Å². The van der Waals surface area contributed by atoms with Gasteiger partial charge in [0.05, 0.1) is 12.8 Å². The van der Waals surface area contributed by atoms with Gasteiger partial charge in [0.15, 0.2) is 0 Å². The van der Waals surface area contributed by atoms with Crippen LogP contribution in [0.4, 0.5) is 0 Å². The van der Waals surface area contributed by atoms with Gasteiger partial charge >= 0.3 is 5.97 Å². The largest absolute Gasteiger partial charge is 0.480 e. The summed E-state index contributed by atoms with van der Waals surface area (Å²) in [6, 6.07) is 7.77. The Kier molecular flexibility index (Phi) is 3.44. The number of carboxylic acids is 1. The van der Waals surface area contributed by atoms with Crippen LogP contribution in [0, 0.1) is 0 Å². The van der Waals surface area contributed by atoms with Crippen molar-refractivity contribution in [3.63, 3.8) is 0 Å². The van der Waals surface area contributed by atoms with Crippen LogP contribution in [-0.4, -0.2) is 29.1 Å². The molecule has 0 aliphatic rings. The highest BCUT2D eigenvalue weighted by molar-refractivity contribution is 5.80.